The first-order valence-corrected chi connectivity index (χ1v) is 9.94. The normalized spacial score (nSPS) is 17.7. The van der Waals surface area contributed by atoms with Crippen molar-refractivity contribution in [2.24, 2.45) is 0 Å². The Kier molecular flexibility index (Phi) is 6.90. The quantitative estimate of drug-likeness (QED) is 0.778. The molecule has 27 heavy (non-hydrogen) atoms. The second-order valence-electron chi connectivity index (χ2n) is 8.73. The van der Waals surface area contributed by atoms with Crippen molar-refractivity contribution in [1.82, 2.24) is 9.80 Å². The molecule has 0 saturated carbocycles. The Morgan fingerprint density at radius 3 is 2.37 bits per heavy atom. The van der Waals surface area contributed by atoms with Crippen molar-refractivity contribution < 1.29 is 14.3 Å². The van der Waals surface area contributed by atoms with E-state index >= 15 is 0 Å². The molecule has 0 bridgehead atoms. The zero-order valence-electron chi connectivity index (χ0n) is 17.6. The molecule has 1 aromatic rings. The molecule has 0 aromatic heterocycles. The van der Waals surface area contributed by atoms with Crippen molar-refractivity contribution in [1.29, 1.82) is 0 Å². The molecule has 0 radical (unpaired) electrons. The van der Waals surface area contributed by atoms with Gasteiger partial charge in [0.25, 0.3) is 0 Å². The minimum absolute atomic E-state index is 0.0103. The lowest BCUT2D eigenvalue weighted by Crippen LogP contribution is -2.55. The molecule has 5 nitrogen and oxygen atoms in total. The highest BCUT2D eigenvalue weighted by Crippen LogP contribution is 2.23. The van der Waals surface area contributed by atoms with Gasteiger partial charge in [-0.2, -0.15) is 0 Å². The van der Waals surface area contributed by atoms with Crippen LogP contribution in [0, 0.1) is 6.92 Å². The molecule has 0 aliphatic carbocycles. The molecule has 2 rings (SSSR count). The van der Waals surface area contributed by atoms with Crippen molar-refractivity contribution in [3.63, 3.8) is 0 Å². The molecular weight excluding hydrogens is 340 g/mol. The fourth-order valence-electron chi connectivity index (χ4n) is 3.32. The predicted octanol–water partition coefficient (Wildman–Crippen LogP) is 4.52. The van der Waals surface area contributed by atoms with E-state index in [-0.39, 0.29) is 18.0 Å². The summed E-state index contributed by atoms with van der Waals surface area (Å²) in [5, 5.41) is 0. The smallest absolute Gasteiger partial charge is 0.410 e. The van der Waals surface area contributed by atoms with E-state index in [2.05, 4.69) is 31.2 Å². The minimum Gasteiger partial charge on any atom is -0.444 e. The van der Waals surface area contributed by atoms with E-state index in [1.807, 2.05) is 39.5 Å². The monoisotopic (exact) mass is 374 g/mol. The average molecular weight is 375 g/mol. The molecule has 0 spiro atoms. The van der Waals surface area contributed by atoms with Gasteiger partial charge < -0.3 is 9.64 Å². The standard InChI is InChI=1S/C22H34N2O3/c1-16(2)24(15-18-12-10-17(3)11-13-18)20(25)19-9-7-8-14-23(19)21(26)27-22(4,5)6/h10-13,16,19H,7-9,14-15H2,1-6H3. The van der Waals surface area contributed by atoms with Gasteiger partial charge in [-0.3, -0.25) is 9.69 Å². The molecule has 1 aliphatic heterocycles. The maximum Gasteiger partial charge on any atom is 0.410 e. The van der Waals surface area contributed by atoms with Crippen LogP contribution in [-0.4, -0.2) is 46.0 Å². The van der Waals surface area contributed by atoms with E-state index in [0.717, 1.165) is 18.4 Å². The van der Waals surface area contributed by atoms with Gasteiger partial charge in [-0.15, -0.1) is 0 Å². The molecule has 5 heteroatoms. The Hall–Kier alpha value is -2.04. The van der Waals surface area contributed by atoms with Crippen LogP contribution < -0.4 is 0 Å². The van der Waals surface area contributed by atoms with Crippen molar-refractivity contribution in [2.45, 2.75) is 85.0 Å². The predicted molar refractivity (Wildman–Crippen MR) is 107 cm³/mol. The van der Waals surface area contributed by atoms with Crippen LogP contribution in [-0.2, 0) is 16.1 Å². The fourth-order valence-corrected chi connectivity index (χ4v) is 3.32. The van der Waals surface area contributed by atoms with Gasteiger partial charge in [0.1, 0.15) is 11.6 Å². The van der Waals surface area contributed by atoms with Gasteiger partial charge in [-0.05, 0) is 66.4 Å². The molecule has 0 N–H and O–H groups in total. The van der Waals surface area contributed by atoms with Gasteiger partial charge in [0.15, 0.2) is 0 Å². The van der Waals surface area contributed by atoms with Gasteiger partial charge in [-0.25, -0.2) is 4.79 Å². The minimum atomic E-state index is -0.568. The maximum atomic E-state index is 13.4. The number of nitrogens with zero attached hydrogens (tertiary/aromatic N) is 2. The van der Waals surface area contributed by atoms with Gasteiger partial charge >= 0.3 is 6.09 Å². The summed E-state index contributed by atoms with van der Waals surface area (Å²) in [4.78, 5) is 29.5. The molecule has 1 aromatic carbocycles. The summed E-state index contributed by atoms with van der Waals surface area (Å²) < 4.78 is 5.55. The molecular formula is C22H34N2O3. The zero-order chi connectivity index (χ0) is 20.2. The highest BCUT2D eigenvalue weighted by Gasteiger charge is 2.37. The van der Waals surface area contributed by atoms with E-state index in [0.29, 0.717) is 19.5 Å². The summed E-state index contributed by atoms with van der Waals surface area (Å²) in [7, 11) is 0. The second kappa shape index (κ2) is 8.77. The Morgan fingerprint density at radius 1 is 1.19 bits per heavy atom. The van der Waals surface area contributed by atoms with Gasteiger partial charge in [0, 0.05) is 19.1 Å². The Labute approximate surface area is 163 Å². The number of carbonyl (C=O) groups excluding carboxylic acids is 2. The topological polar surface area (TPSA) is 49.9 Å². The lowest BCUT2D eigenvalue weighted by molar-refractivity contribution is -0.140. The number of rotatable bonds is 4. The second-order valence-corrected chi connectivity index (χ2v) is 8.73. The summed E-state index contributed by atoms with van der Waals surface area (Å²) in [5.74, 6) is 0.0103. The van der Waals surface area contributed by atoms with E-state index in [9.17, 15) is 9.59 Å². The van der Waals surface area contributed by atoms with Crippen LogP contribution >= 0.6 is 0 Å². The number of benzene rings is 1. The first-order valence-electron chi connectivity index (χ1n) is 9.94. The van der Waals surface area contributed by atoms with E-state index in [1.54, 1.807) is 4.90 Å². The number of likely N-dealkylation sites (tertiary alicyclic amines) is 1. The number of amides is 2. The van der Waals surface area contributed by atoms with Crippen molar-refractivity contribution in [3.8, 4) is 0 Å². The molecule has 1 heterocycles. The van der Waals surface area contributed by atoms with Crippen molar-refractivity contribution >= 4 is 12.0 Å². The number of aryl methyl sites for hydroxylation is 1. The summed E-state index contributed by atoms with van der Waals surface area (Å²) in [6, 6.07) is 7.86. The number of ether oxygens (including phenoxy) is 1. The van der Waals surface area contributed by atoms with E-state index in [1.165, 1.54) is 5.56 Å². The van der Waals surface area contributed by atoms with Crippen LogP contribution in [0.5, 0.6) is 0 Å². The van der Waals surface area contributed by atoms with Crippen LogP contribution in [0.25, 0.3) is 0 Å². The largest absolute Gasteiger partial charge is 0.444 e. The third-order valence-corrected chi connectivity index (χ3v) is 4.80. The van der Waals surface area contributed by atoms with Crippen LogP contribution in [0.1, 0.15) is 65.0 Å². The van der Waals surface area contributed by atoms with Gasteiger partial charge in [0.2, 0.25) is 5.91 Å². The van der Waals surface area contributed by atoms with Crippen LogP contribution in [0.15, 0.2) is 24.3 Å². The molecule has 1 atom stereocenters. The Bertz CT molecular complexity index is 647. The fraction of sp³-hybridized carbons (Fsp3) is 0.636. The third-order valence-electron chi connectivity index (χ3n) is 4.80. The zero-order valence-corrected chi connectivity index (χ0v) is 17.6. The molecule has 1 unspecified atom stereocenters. The summed E-state index contributed by atoms with van der Waals surface area (Å²) >= 11 is 0. The SMILES string of the molecule is Cc1ccc(CN(C(=O)C2CCCCN2C(=O)OC(C)(C)C)C(C)C)cc1. The maximum absolute atomic E-state index is 13.4. The van der Waals surface area contributed by atoms with Crippen molar-refractivity contribution in [2.75, 3.05) is 6.54 Å². The first kappa shape index (κ1) is 21.3. The number of carbonyl (C=O) groups is 2. The highest BCUT2D eigenvalue weighted by molar-refractivity contribution is 5.86. The van der Waals surface area contributed by atoms with Gasteiger partial charge in [-0.1, -0.05) is 29.8 Å². The molecule has 1 fully saturated rings. The Morgan fingerprint density at radius 2 is 1.81 bits per heavy atom. The first-order chi connectivity index (χ1) is 12.6. The molecule has 1 aliphatic rings. The van der Waals surface area contributed by atoms with E-state index < -0.39 is 11.6 Å². The lowest BCUT2D eigenvalue weighted by atomic mass is 10.00. The molecule has 2 amide bonds. The highest BCUT2D eigenvalue weighted by atomic mass is 16.6. The molecule has 150 valence electrons. The van der Waals surface area contributed by atoms with Crippen LogP contribution in [0.3, 0.4) is 0 Å². The lowest BCUT2D eigenvalue weighted by Gasteiger charge is -2.39. The van der Waals surface area contributed by atoms with Crippen LogP contribution in [0.2, 0.25) is 0 Å². The summed E-state index contributed by atoms with van der Waals surface area (Å²) in [6.07, 6.45) is 2.16. The summed E-state index contributed by atoms with van der Waals surface area (Å²) in [5.41, 5.74) is 1.73. The van der Waals surface area contributed by atoms with Crippen LogP contribution in [0.4, 0.5) is 4.79 Å². The molecule has 1 saturated heterocycles. The number of hydrogen-bond acceptors (Lipinski definition) is 3. The van der Waals surface area contributed by atoms with E-state index in [4.69, 9.17) is 4.74 Å². The number of hydrogen-bond donors (Lipinski definition) is 0. The average Bonchev–Trinajstić information content (AvgIpc) is 2.59. The van der Waals surface area contributed by atoms with Gasteiger partial charge in [0.05, 0.1) is 0 Å². The Balaban J connectivity index is 2.18. The van der Waals surface area contributed by atoms with Crippen molar-refractivity contribution in [3.05, 3.63) is 35.4 Å². The third kappa shape index (κ3) is 5.98. The summed E-state index contributed by atoms with van der Waals surface area (Å²) in [6.45, 7) is 12.8. The number of piperidine rings is 1.